The van der Waals surface area contributed by atoms with E-state index in [0.717, 1.165) is 21.3 Å². The number of amides is 1. The van der Waals surface area contributed by atoms with Gasteiger partial charge in [0.05, 0.1) is 21.3 Å². The van der Waals surface area contributed by atoms with Crippen LogP contribution in [0.15, 0.2) is 30.3 Å². The molecule has 0 aliphatic heterocycles. The lowest BCUT2D eigenvalue weighted by molar-refractivity contribution is -0.162. The average Bonchev–Trinajstić information content (AvgIpc) is 2.65. The SMILES string of the molecule is COC(=O)C(C(=O)OC)[C@@H](C)[C@@H](NC(=O)c1ccccc1)C(=O)OC. The number of esters is 3. The predicted octanol–water partition coefficient (Wildman–Crippen LogP) is 0.556. The van der Waals surface area contributed by atoms with Gasteiger partial charge in [0.1, 0.15) is 6.04 Å². The number of ether oxygens (including phenoxy) is 3. The first-order chi connectivity index (χ1) is 11.9. The van der Waals surface area contributed by atoms with Crippen molar-refractivity contribution >= 4 is 23.8 Å². The minimum atomic E-state index is -1.39. The van der Waals surface area contributed by atoms with Gasteiger partial charge in [0.2, 0.25) is 0 Å². The summed E-state index contributed by atoms with van der Waals surface area (Å²) in [4.78, 5) is 48.3. The van der Waals surface area contributed by atoms with Crippen molar-refractivity contribution in [2.45, 2.75) is 13.0 Å². The van der Waals surface area contributed by atoms with Gasteiger partial charge in [0.25, 0.3) is 5.91 Å². The largest absolute Gasteiger partial charge is 0.468 e. The van der Waals surface area contributed by atoms with Crippen LogP contribution < -0.4 is 5.32 Å². The Morgan fingerprint density at radius 3 is 1.76 bits per heavy atom. The van der Waals surface area contributed by atoms with E-state index in [9.17, 15) is 19.2 Å². The van der Waals surface area contributed by atoms with E-state index in [0.29, 0.717) is 5.56 Å². The summed E-state index contributed by atoms with van der Waals surface area (Å²) in [6.07, 6.45) is 0. The summed E-state index contributed by atoms with van der Waals surface area (Å²) in [5.74, 6) is -5.44. The zero-order valence-corrected chi connectivity index (χ0v) is 14.5. The quantitative estimate of drug-likeness (QED) is 0.434. The summed E-state index contributed by atoms with van der Waals surface area (Å²) in [6, 6.07) is 6.94. The first kappa shape index (κ1) is 20.1. The normalized spacial score (nSPS) is 12.7. The van der Waals surface area contributed by atoms with Crippen molar-refractivity contribution in [1.82, 2.24) is 5.32 Å². The summed E-state index contributed by atoms with van der Waals surface area (Å²) >= 11 is 0. The fourth-order valence-corrected chi connectivity index (χ4v) is 2.32. The Labute approximate surface area is 145 Å². The molecule has 0 radical (unpaired) electrons. The molecule has 8 heteroatoms. The molecule has 2 atom stereocenters. The maximum absolute atomic E-state index is 12.3. The smallest absolute Gasteiger partial charge is 0.328 e. The summed E-state index contributed by atoms with van der Waals surface area (Å²) in [7, 11) is 3.36. The van der Waals surface area contributed by atoms with E-state index in [2.05, 4.69) is 19.5 Å². The first-order valence-electron chi connectivity index (χ1n) is 7.46. The van der Waals surface area contributed by atoms with Crippen molar-refractivity contribution < 1.29 is 33.4 Å². The minimum Gasteiger partial charge on any atom is -0.468 e. The molecule has 1 rings (SSSR count). The van der Waals surface area contributed by atoms with Crippen LogP contribution in [0.3, 0.4) is 0 Å². The number of hydrogen-bond acceptors (Lipinski definition) is 7. The van der Waals surface area contributed by atoms with Crippen molar-refractivity contribution in [3.8, 4) is 0 Å². The lowest BCUT2D eigenvalue weighted by Gasteiger charge is -2.27. The zero-order valence-electron chi connectivity index (χ0n) is 14.5. The number of hydrogen-bond donors (Lipinski definition) is 1. The highest BCUT2D eigenvalue weighted by atomic mass is 16.5. The highest BCUT2D eigenvalue weighted by Crippen LogP contribution is 2.21. The Morgan fingerprint density at radius 1 is 0.840 bits per heavy atom. The van der Waals surface area contributed by atoms with Crippen LogP contribution in [0.25, 0.3) is 0 Å². The minimum absolute atomic E-state index is 0.316. The van der Waals surface area contributed by atoms with Gasteiger partial charge in [-0.3, -0.25) is 14.4 Å². The third kappa shape index (κ3) is 5.03. The van der Waals surface area contributed by atoms with E-state index in [-0.39, 0.29) is 0 Å². The van der Waals surface area contributed by atoms with Crippen LogP contribution in [0, 0.1) is 11.8 Å². The Morgan fingerprint density at radius 2 is 1.32 bits per heavy atom. The molecule has 0 heterocycles. The Bertz CT molecular complexity index is 613. The Balaban J connectivity index is 3.11. The van der Waals surface area contributed by atoms with Gasteiger partial charge in [-0.15, -0.1) is 0 Å². The molecule has 136 valence electrons. The van der Waals surface area contributed by atoms with Gasteiger partial charge in [-0.2, -0.15) is 0 Å². The number of benzene rings is 1. The third-order valence-corrected chi connectivity index (χ3v) is 3.74. The Kier molecular flexibility index (Phi) is 7.58. The van der Waals surface area contributed by atoms with Crippen LogP contribution in [0.1, 0.15) is 17.3 Å². The number of methoxy groups -OCH3 is 3. The maximum Gasteiger partial charge on any atom is 0.328 e. The van der Waals surface area contributed by atoms with E-state index in [1.165, 1.54) is 6.92 Å². The van der Waals surface area contributed by atoms with Crippen LogP contribution in [-0.2, 0) is 28.6 Å². The molecule has 8 nitrogen and oxygen atoms in total. The Hall–Kier alpha value is -2.90. The van der Waals surface area contributed by atoms with Gasteiger partial charge in [-0.05, 0) is 12.1 Å². The van der Waals surface area contributed by atoms with E-state index in [1.54, 1.807) is 30.3 Å². The number of carbonyl (C=O) groups excluding carboxylic acids is 4. The van der Waals surface area contributed by atoms with E-state index < -0.39 is 41.7 Å². The molecule has 0 fully saturated rings. The number of rotatable bonds is 7. The van der Waals surface area contributed by atoms with E-state index >= 15 is 0 Å². The highest BCUT2D eigenvalue weighted by molar-refractivity contribution is 5.99. The van der Waals surface area contributed by atoms with Crippen molar-refractivity contribution in [1.29, 1.82) is 0 Å². The molecule has 0 saturated heterocycles. The molecule has 1 aromatic carbocycles. The third-order valence-electron chi connectivity index (χ3n) is 3.74. The van der Waals surface area contributed by atoms with Gasteiger partial charge < -0.3 is 19.5 Å². The fourth-order valence-electron chi connectivity index (χ4n) is 2.32. The van der Waals surface area contributed by atoms with Gasteiger partial charge in [0.15, 0.2) is 5.92 Å². The molecule has 1 aromatic rings. The number of nitrogens with one attached hydrogen (secondary N) is 1. The molecule has 0 aliphatic rings. The second kappa shape index (κ2) is 9.41. The molecule has 0 aromatic heterocycles. The van der Waals surface area contributed by atoms with Gasteiger partial charge in [0, 0.05) is 11.5 Å². The van der Waals surface area contributed by atoms with Gasteiger partial charge in [-0.1, -0.05) is 25.1 Å². The van der Waals surface area contributed by atoms with Crippen molar-refractivity contribution in [2.75, 3.05) is 21.3 Å². The topological polar surface area (TPSA) is 108 Å². The lowest BCUT2D eigenvalue weighted by atomic mass is 9.87. The summed E-state index contributed by atoms with van der Waals surface area (Å²) in [5, 5.41) is 2.49. The number of carbonyl (C=O) groups is 4. The van der Waals surface area contributed by atoms with E-state index in [1.807, 2.05) is 0 Å². The lowest BCUT2D eigenvalue weighted by Crippen LogP contribution is -2.51. The van der Waals surface area contributed by atoms with Gasteiger partial charge in [-0.25, -0.2) is 4.79 Å². The van der Waals surface area contributed by atoms with Gasteiger partial charge >= 0.3 is 17.9 Å². The van der Waals surface area contributed by atoms with Crippen LogP contribution in [-0.4, -0.2) is 51.2 Å². The van der Waals surface area contributed by atoms with Crippen LogP contribution in [0.5, 0.6) is 0 Å². The maximum atomic E-state index is 12.3. The van der Waals surface area contributed by atoms with E-state index in [4.69, 9.17) is 0 Å². The first-order valence-corrected chi connectivity index (χ1v) is 7.46. The summed E-state index contributed by atoms with van der Waals surface area (Å²) < 4.78 is 13.9. The molecule has 0 spiro atoms. The second-order valence-corrected chi connectivity index (χ2v) is 5.22. The molecule has 0 bridgehead atoms. The zero-order chi connectivity index (χ0) is 19.0. The molecule has 1 amide bonds. The average molecular weight is 351 g/mol. The van der Waals surface area contributed by atoms with Crippen molar-refractivity contribution in [3.05, 3.63) is 35.9 Å². The fraction of sp³-hybridized carbons (Fsp3) is 0.412. The summed E-state index contributed by atoms with van der Waals surface area (Å²) in [5.41, 5.74) is 0.316. The van der Waals surface area contributed by atoms with Crippen molar-refractivity contribution in [3.63, 3.8) is 0 Å². The molecular formula is C17H21NO7. The summed E-state index contributed by atoms with van der Waals surface area (Å²) in [6.45, 7) is 1.45. The van der Waals surface area contributed by atoms with Crippen molar-refractivity contribution in [2.24, 2.45) is 11.8 Å². The molecule has 0 aliphatic carbocycles. The molecule has 0 unspecified atom stereocenters. The monoisotopic (exact) mass is 351 g/mol. The molecule has 25 heavy (non-hydrogen) atoms. The highest BCUT2D eigenvalue weighted by Gasteiger charge is 2.42. The predicted molar refractivity (Wildman–Crippen MR) is 86.4 cm³/mol. The van der Waals surface area contributed by atoms with Crippen LogP contribution >= 0.6 is 0 Å². The molecular weight excluding hydrogens is 330 g/mol. The molecule has 1 N–H and O–H groups in total. The van der Waals surface area contributed by atoms with Crippen LogP contribution in [0.4, 0.5) is 0 Å². The van der Waals surface area contributed by atoms with Crippen LogP contribution in [0.2, 0.25) is 0 Å². The second-order valence-electron chi connectivity index (χ2n) is 5.22. The molecule has 0 saturated carbocycles. The standard InChI is InChI=1S/C17H21NO7/c1-10(12(15(20)23-2)16(21)24-3)13(17(22)25-4)18-14(19)11-8-6-5-7-9-11/h5-10,12-13H,1-4H3,(H,18,19)/t10-,13-/m1/s1.